The highest BCUT2D eigenvalue weighted by molar-refractivity contribution is 6.08. The van der Waals surface area contributed by atoms with Gasteiger partial charge in [0.25, 0.3) is 5.88 Å². The topological polar surface area (TPSA) is 104 Å². The van der Waals surface area contributed by atoms with Crippen molar-refractivity contribution in [3.05, 3.63) is 72.3 Å². The van der Waals surface area contributed by atoms with Crippen molar-refractivity contribution in [1.82, 2.24) is 19.9 Å². The van der Waals surface area contributed by atoms with E-state index >= 15 is 0 Å². The SMILES string of the molecule is O=C(c1ccc(Oc2nccnc2N2CCC(CO)C2)cc1)c1nc2ccccc2[nH]1. The number of anilines is 1. The Balaban J connectivity index is 1.34. The lowest BCUT2D eigenvalue weighted by Crippen LogP contribution is -2.22. The number of aliphatic hydroxyl groups is 1. The fourth-order valence-corrected chi connectivity index (χ4v) is 3.76. The second kappa shape index (κ2) is 8.16. The lowest BCUT2D eigenvalue weighted by atomic mass is 10.1. The third kappa shape index (κ3) is 3.85. The molecule has 1 aliphatic rings. The lowest BCUT2D eigenvalue weighted by Gasteiger charge is -2.19. The van der Waals surface area contributed by atoms with E-state index in [1.165, 1.54) is 0 Å². The van der Waals surface area contributed by atoms with Gasteiger partial charge in [-0.05, 0) is 42.8 Å². The summed E-state index contributed by atoms with van der Waals surface area (Å²) in [6.45, 7) is 1.68. The van der Waals surface area contributed by atoms with Crippen LogP contribution in [-0.4, -0.2) is 50.5 Å². The van der Waals surface area contributed by atoms with E-state index < -0.39 is 0 Å². The lowest BCUT2D eigenvalue weighted by molar-refractivity contribution is 0.103. The van der Waals surface area contributed by atoms with Crippen LogP contribution in [0.4, 0.5) is 5.82 Å². The molecule has 1 atom stereocenters. The molecule has 0 aliphatic carbocycles. The first-order chi connectivity index (χ1) is 15.2. The third-order valence-corrected chi connectivity index (χ3v) is 5.43. The number of nitrogens with zero attached hydrogens (tertiary/aromatic N) is 4. The van der Waals surface area contributed by atoms with Gasteiger partial charge in [-0.2, -0.15) is 0 Å². The molecule has 4 aromatic rings. The highest BCUT2D eigenvalue weighted by atomic mass is 16.5. The van der Waals surface area contributed by atoms with E-state index in [0.717, 1.165) is 30.5 Å². The first kappa shape index (κ1) is 19.2. The van der Waals surface area contributed by atoms with Gasteiger partial charge in [-0.25, -0.2) is 15.0 Å². The molecule has 5 rings (SSSR count). The molecule has 2 aromatic carbocycles. The molecule has 1 aliphatic heterocycles. The third-order valence-electron chi connectivity index (χ3n) is 5.43. The van der Waals surface area contributed by atoms with Crippen LogP contribution in [0.15, 0.2) is 60.9 Å². The van der Waals surface area contributed by atoms with Gasteiger partial charge in [0, 0.05) is 43.6 Å². The van der Waals surface area contributed by atoms with Gasteiger partial charge in [-0.15, -0.1) is 0 Å². The number of imidazole rings is 1. The second-order valence-electron chi connectivity index (χ2n) is 7.53. The first-order valence-corrected chi connectivity index (χ1v) is 10.2. The highest BCUT2D eigenvalue weighted by Crippen LogP contribution is 2.31. The van der Waals surface area contributed by atoms with Gasteiger partial charge in [0.1, 0.15) is 5.75 Å². The van der Waals surface area contributed by atoms with Crippen LogP contribution >= 0.6 is 0 Å². The Morgan fingerprint density at radius 2 is 1.94 bits per heavy atom. The Morgan fingerprint density at radius 3 is 2.71 bits per heavy atom. The van der Waals surface area contributed by atoms with Crippen molar-refractivity contribution in [2.45, 2.75) is 6.42 Å². The quantitative estimate of drug-likeness (QED) is 0.466. The summed E-state index contributed by atoms with van der Waals surface area (Å²) >= 11 is 0. The summed E-state index contributed by atoms with van der Waals surface area (Å²) in [6, 6.07) is 14.4. The van der Waals surface area contributed by atoms with E-state index in [4.69, 9.17) is 4.74 Å². The van der Waals surface area contributed by atoms with Crippen LogP contribution < -0.4 is 9.64 Å². The van der Waals surface area contributed by atoms with E-state index in [-0.39, 0.29) is 18.3 Å². The molecule has 8 nitrogen and oxygen atoms in total. The zero-order chi connectivity index (χ0) is 21.2. The van der Waals surface area contributed by atoms with Crippen LogP contribution in [0, 0.1) is 5.92 Å². The van der Waals surface area contributed by atoms with Crippen molar-refractivity contribution < 1.29 is 14.6 Å². The normalized spacial score (nSPS) is 16.0. The number of nitrogens with one attached hydrogen (secondary N) is 1. The van der Waals surface area contributed by atoms with Crippen LogP contribution in [-0.2, 0) is 0 Å². The molecule has 2 aromatic heterocycles. The standard InChI is InChI=1S/C23H21N5O3/c29-14-15-9-12-28(13-15)22-23(25-11-10-24-22)31-17-7-5-16(6-8-17)20(30)21-26-18-3-1-2-4-19(18)27-21/h1-8,10-11,15,29H,9,12-14H2,(H,26,27). The van der Waals surface area contributed by atoms with E-state index in [9.17, 15) is 9.90 Å². The van der Waals surface area contributed by atoms with Gasteiger partial charge in [0.2, 0.25) is 5.78 Å². The molecular weight excluding hydrogens is 394 g/mol. The molecule has 0 bridgehead atoms. The zero-order valence-corrected chi connectivity index (χ0v) is 16.7. The van der Waals surface area contributed by atoms with Crippen molar-refractivity contribution in [2.75, 3.05) is 24.6 Å². The number of hydrogen-bond acceptors (Lipinski definition) is 7. The first-order valence-electron chi connectivity index (χ1n) is 10.2. The number of ketones is 1. The molecule has 2 N–H and O–H groups in total. The molecule has 0 radical (unpaired) electrons. The number of fused-ring (bicyclic) bond motifs is 1. The van der Waals surface area contributed by atoms with Gasteiger partial charge >= 0.3 is 0 Å². The molecule has 0 saturated carbocycles. The second-order valence-corrected chi connectivity index (χ2v) is 7.53. The number of hydrogen-bond donors (Lipinski definition) is 2. The van der Waals surface area contributed by atoms with Crippen LogP contribution in [0.25, 0.3) is 11.0 Å². The number of para-hydroxylation sites is 2. The minimum absolute atomic E-state index is 0.160. The maximum Gasteiger partial charge on any atom is 0.263 e. The summed E-state index contributed by atoms with van der Waals surface area (Å²) in [5.74, 6) is 1.96. The van der Waals surface area contributed by atoms with Crippen molar-refractivity contribution in [3.8, 4) is 11.6 Å². The summed E-state index contributed by atoms with van der Waals surface area (Å²) in [4.78, 5) is 31.0. The van der Waals surface area contributed by atoms with E-state index in [2.05, 4.69) is 24.8 Å². The van der Waals surface area contributed by atoms with E-state index in [1.807, 2.05) is 24.3 Å². The summed E-state index contributed by atoms with van der Waals surface area (Å²) in [6.07, 6.45) is 4.12. The molecule has 8 heteroatoms. The van der Waals surface area contributed by atoms with Crippen molar-refractivity contribution >= 4 is 22.6 Å². The number of H-pyrrole nitrogens is 1. The molecule has 0 spiro atoms. The van der Waals surface area contributed by atoms with Crippen LogP contribution in [0.2, 0.25) is 0 Å². The number of carbonyl (C=O) groups is 1. The molecule has 1 fully saturated rings. The van der Waals surface area contributed by atoms with Gasteiger partial charge < -0.3 is 19.7 Å². The zero-order valence-electron chi connectivity index (χ0n) is 16.7. The smallest absolute Gasteiger partial charge is 0.263 e. The highest BCUT2D eigenvalue weighted by Gasteiger charge is 2.26. The van der Waals surface area contributed by atoms with Gasteiger partial charge in [-0.3, -0.25) is 4.79 Å². The monoisotopic (exact) mass is 415 g/mol. The minimum Gasteiger partial charge on any atom is -0.436 e. The minimum atomic E-state index is -0.185. The Morgan fingerprint density at radius 1 is 1.13 bits per heavy atom. The van der Waals surface area contributed by atoms with Crippen molar-refractivity contribution in [2.24, 2.45) is 5.92 Å². The molecular formula is C23H21N5O3. The van der Waals surface area contributed by atoms with E-state index in [0.29, 0.717) is 28.8 Å². The summed E-state index contributed by atoms with van der Waals surface area (Å²) in [5, 5.41) is 9.40. The Bertz CT molecular complexity index is 1190. The van der Waals surface area contributed by atoms with Gasteiger partial charge in [0.15, 0.2) is 11.6 Å². The van der Waals surface area contributed by atoms with Crippen LogP contribution in [0.5, 0.6) is 11.6 Å². The number of aliphatic hydroxyl groups excluding tert-OH is 1. The summed E-state index contributed by atoms with van der Waals surface area (Å²) in [7, 11) is 0. The maximum absolute atomic E-state index is 12.8. The number of ether oxygens (including phenoxy) is 1. The number of rotatable bonds is 6. The largest absolute Gasteiger partial charge is 0.436 e. The molecule has 31 heavy (non-hydrogen) atoms. The molecule has 1 saturated heterocycles. The average Bonchev–Trinajstić information content (AvgIpc) is 3.46. The van der Waals surface area contributed by atoms with Crippen molar-refractivity contribution in [3.63, 3.8) is 0 Å². The number of benzene rings is 2. The average molecular weight is 415 g/mol. The Kier molecular flexibility index (Phi) is 5.05. The number of carbonyl (C=O) groups excluding carboxylic acids is 1. The van der Waals surface area contributed by atoms with Gasteiger partial charge in [0.05, 0.1) is 11.0 Å². The maximum atomic E-state index is 12.8. The summed E-state index contributed by atoms with van der Waals surface area (Å²) in [5.41, 5.74) is 2.09. The fourth-order valence-electron chi connectivity index (χ4n) is 3.76. The molecule has 0 amide bonds. The van der Waals surface area contributed by atoms with Crippen LogP contribution in [0.3, 0.4) is 0 Å². The predicted octanol–water partition coefficient (Wildman–Crippen LogP) is 3.19. The van der Waals surface area contributed by atoms with E-state index in [1.54, 1.807) is 36.7 Å². The number of aromatic amines is 1. The van der Waals surface area contributed by atoms with Crippen LogP contribution in [0.1, 0.15) is 22.6 Å². The predicted molar refractivity (Wildman–Crippen MR) is 115 cm³/mol. The Labute approximate surface area is 178 Å². The molecule has 156 valence electrons. The Hall–Kier alpha value is -3.78. The summed E-state index contributed by atoms with van der Waals surface area (Å²) < 4.78 is 5.97. The van der Waals surface area contributed by atoms with Gasteiger partial charge in [-0.1, -0.05) is 12.1 Å². The number of aromatic nitrogens is 4. The molecule has 3 heterocycles. The molecule has 1 unspecified atom stereocenters. The fraction of sp³-hybridized carbons (Fsp3) is 0.217. The van der Waals surface area contributed by atoms with Crippen molar-refractivity contribution in [1.29, 1.82) is 0 Å².